The summed E-state index contributed by atoms with van der Waals surface area (Å²) >= 11 is 0. The molecule has 0 nitrogen and oxygen atoms in total. The third-order valence-electron chi connectivity index (χ3n) is 26.4. The Morgan fingerprint density at radius 2 is 0.646 bits per heavy atom. The molecule has 5 aliphatic carbocycles. The van der Waals surface area contributed by atoms with E-state index >= 15 is 0 Å². The summed E-state index contributed by atoms with van der Waals surface area (Å²) in [6.07, 6.45) is 37.6. The summed E-state index contributed by atoms with van der Waals surface area (Å²) in [5.41, 5.74) is 20.9. The summed E-state index contributed by atoms with van der Waals surface area (Å²) in [7, 11) is 0. The molecule has 113 heavy (non-hydrogen) atoms. The normalized spacial score (nSPS) is 20.2. The van der Waals surface area contributed by atoms with Gasteiger partial charge in [-0.3, -0.25) is 0 Å². The lowest BCUT2D eigenvalue weighted by Crippen LogP contribution is -2.16. The predicted molar refractivity (Wildman–Crippen MR) is 498 cm³/mol. The van der Waals surface area contributed by atoms with Crippen molar-refractivity contribution in [3.63, 3.8) is 0 Å². The van der Waals surface area contributed by atoms with Crippen molar-refractivity contribution in [2.45, 2.75) is 304 Å². The molecule has 5 aliphatic rings. The van der Waals surface area contributed by atoms with E-state index in [4.69, 9.17) is 0 Å². The molecule has 0 N–H and O–H groups in total. The maximum absolute atomic E-state index is 4.13. The number of fused-ring (bicyclic) bond motifs is 3. The Balaban J connectivity index is 0.000000146. The third kappa shape index (κ3) is 27.3. The van der Waals surface area contributed by atoms with E-state index in [1.54, 1.807) is 16.7 Å². The molecular weight excluding hydrogens is 1360 g/mol. The van der Waals surface area contributed by atoms with Crippen LogP contribution in [0.2, 0.25) is 0 Å². The minimum atomic E-state index is 0.603. The minimum Gasteiger partial charge on any atom is -0.0998 e. The van der Waals surface area contributed by atoms with Crippen molar-refractivity contribution < 1.29 is 0 Å². The lowest BCUT2D eigenvalue weighted by atomic mass is 9.74. The Hall–Kier alpha value is -8.06. The van der Waals surface area contributed by atoms with Gasteiger partial charge in [-0.25, -0.2) is 0 Å². The molecule has 0 saturated heterocycles. The van der Waals surface area contributed by atoms with Crippen molar-refractivity contribution in [2.75, 3.05) is 0 Å². The number of hydrogen-bond acceptors (Lipinski definition) is 0. The van der Waals surface area contributed by atoms with Crippen molar-refractivity contribution in [3.8, 4) is 0 Å². The van der Waals surface area contributed by atoms with Crippen LogP contribution in [-0.4, -0.2) is 0 Å². The van der Waals surface area contributed by atoms with Gasteiger partial charge in [0.05, 0.1) is 0 Å². The van der Waals surface area contributed by atoms with Crippen LogP contribution in [0.15, 0.2) is 261 Å². The molecule has 16 rings (SSSR count). The van der Waals surface area contributed by atoms with E-state index in [-0.39, 0.29) is 0 Å². The third-order valence-corrected chi connectivity index (χ3v) is 26.4. The Morgan fingerprint density at radius 3 is 1.02 bits per heavy atom. The molecule has 11 aromatic carbocycles. The van der Waals surface area contributed by atoms with Crippen LogP contribution < -0.4 is 0 Å². The first kappa shape index (κ1) is 87.3. The van der Waals surface area contributed by atoms with Crippen LogP contribution in [0.4, 0.5) is 0 Å². The van der Waals surface area contributed by atoms with Crippen molar-refractivity contribution in [1.29, 1.82) is 0 Å². The van der Waals surface area contributed by atoms with Gasteiger partial charge in [0, 0.05) is 0 Å². The lowest BCUT2D eigenvalue weighted by molar-refractivity contribution is 0.293. The Labute approximate surface area is 689 Å². The zero-order chi connectivity index (χ0) is 79.7. The SMILES string of the molecule is C=C1CCCC(c2cccc(CC)c2)C1.CC(C)c1cccc2ccccc12.CC1CCCCC1.CCc1cccc(C)c1.CCc1cccc(C2CCCC(C)C2)c1.CCc1cccc(C2CCC[C@H](C[C@H](C)c3cccc4ccccc34)C2)c1.CCc1cccc(C2CCC[C@H](C[C@H](C)c3cccc4ccccc34)C2)c1. The van der Waals surface area contributed by atoms with Gasteiger partial charge in [0.25, 0.3) is 0 Å². The highest BCUT2D eigenvalue weighted by Gasteiger charge is 2.28. The van der Waals surface area contributed by atoms with Gasteiger partial charge in [0.1, 0.15) is 0 Å². The zero-order valence-electron chi connectivity index (χ0n) is 72.5. The van der Waals surface area contributed by atoms with Crippen LogP contribution in [0.25, 0.3) is 32.3 Å². The minimum absolute atomic E-state index is 0.603. The van der Waals surface area contributed by atoms with Gasteiger partial charge in [-0.1, -0.05) is 413 Å². The lowest BCUT2D eigenvalue weighted by Gasteiger charge is -2.31. The molecule has 5 fully saturated rings. The van der Waals surface area contributed by atoms with E-state index in [1.807, 2.05) is 0 Å². The van der Waals surface area contributed by atoms with Gasteiger partial charge in [0.2, 0.25) is 0 Å². The van der Waals surface area contributed by atoms with E-state index in [9.17, 15) is 0 Å². The zero-order valence-corrected chi connectivity index (χ0v) is 72.5. The van der Waals surface area contributed by atoms with E-state index in [0.717, 1.165) is 79.4 Å². The second kappa shape index (κ2) is 46.5. The summed E-state index contributed by atoms with van der Waals surface area (Å²) in [6, 6.07) is 92.0. The van der Waals surface area contributed by atoms with Gasteiger partial charge in [0.15, 0.2) is 0 Å². The summed E-state index contributed by atoms with van der Waals surface area (Å²) in [4.78, 5) is 0. The predicted octanol–water partition coefficient (Wildman–Crippen LogP) is 33.9. The number of aryl methyl sites for hydroxylation is 6. The first-order valence-electron chi connectivity index (χ1n) is 45.6. The molecule has 0 heterocycles. The highest BCUT2D eigenvalue weighted by atomic mass is 14.3. The fourth-order valence-corrected chi connectivity index (χ4v) is 19.7. The number of benzene rings is 11. The van der Waals surface area contributed by atoms with E-state index < -0.39 is 0 Å². The highest BCUT2D eigenvalue weighted by Crippen LogP contribution is 2.45. The van der Waals surface area contributed by atoms with Crippen molar-refractivity contribution in [3.05, 3.63) is 333 Å². The van der Waals surface area contributed by atoms with E-state index in [2.05, 4.69) is 338 Å². The Morgan fingerprint density at radius 1 is 0.310 bits per heavy atom. The van der Waals surface area contributed by atoms with Gasteiger partial charge < -0.3 is 0 Å². The molecule has 5 saturated carbocycles. The average Bonchev–Trinajstić information content (AvgIpc) is 0.814. The van der Waals surface area contributed by atoms with Crippen LogP contribution in [0.3, 0.4) is 0 Å². The summed E-state index contributed by atoms with van der Waals surface area (Å²) in [5.74, 6) is 8.60. The average molecular weight is 1500 g/mol. The van der Waals surface area contributed by atoms with Crippen LogP contribution in [0.1, 0.15) is 338 Å². The smallest absolute Gasteiger partial charge is 0.0125 e. The Bertz CT molecular complexity index is 4420. The maximum atomic E-state index is 4.13. The van der Waals surface area contributed by atoms with Gasteiger partial charge in [-0.2, -0.15) is 0 Å². The number of allylic oxidation sites excluding steroid dienone is 1. The molecule has 0 heteroatoms. The fraction of sp³-hybridized carbons (Fsp3) is 0.451. The van der Waals surface area contributed by atoms with Crippen molar-refractivity contribution in [1.82, 2.24) is 0 Å². The first-order chi connectivity index (χ1) is 55.1. The molecule has 0 amide bonds. The van der Waals surface area contributed by atoms with Crippen molar-refractivity contribution in [2.24, 2.45) is 23.7 Å². The van der Waals surface area contributed by atoms with Gasteiger partial charge in [-0.05, 0) is 280 Å². The number of rotatable bonds is 16. The van der Waals surface area contributed by atoms with Crippen LogP contribution >= 0.6 is 0 Å². The monoisotopic (exact) mass is 1500 g/mol. The van der Waals surface area contributed by atoms with E-state index in [0.29, 0.717) is 17.8 Å². The summed E-state index contributed by atoms with van der Waals surface area (Å²) in [6.45, 7) is 31.5. The summed E-state index contributed by atoms with van der Waals surface area (Å²) in [5, 5.41) is 8.36. The summed E-state index contributed by atoms with van der Waals surface area (Å²) < 4.78 is 0. The second-order valence-electron chi connectivity index (χ2n) is 35.6. The quantitative estimate of drug-likeness (QED) is 0.0846. The molecule has 9 atom stereocenters. The Kier molecular flexibility index (Phi) is 35.9. The van der Waals surface area contributed by atoms with Gasteiger partial charge >= 0.3 is 0 Å². The molecule has 0 aliphatic heterocycles. The van der Waals surface area contributed by atoms with Crippen LogP contribution in [0, 0.1) is 30.6 Å². The molecule has 598 valence electrons. The molecular formula is C113H146. The van der Waals surface area contributed by atoms with Crippen LogP contribution in [-0.2, 0) is 32.1 Å². The molecule has 0 bridgehead atoms. The van der Waals surface area contributed by atoms with Gasteiger partial charge in [-0.15, -0.1) is 0 Å². The standard InChI is InChI=1S/2C27H32.C15H22.C15H20.C13H14.C9H12.C7H14/c2*1-3-21-9-6-13-24(18-21)25-14-7-10-22(19-25)17-20(2)26-16-8-12-23-11-4-5-15-27(23)26;2*1-3-13-7-5-9-15(11-13)14-8-4-6-12(2)10-14;1-10(2)12-9-5-7-11-6-3-4-8-13(11)12;1-3-9-6-4-5-8(2)7-9;1-7-5-3-2-4-6-7/h2*4-6,8-9,11-13,15-16,18,20,22,25H,3,7,10,14,17,19H2,1-2H3;5,7,9,11-12,14H,3-4,6,8,10H2,1-2H3;5,7,9,11,14H,2-4,6,8,10H2,1H3;3-10H,1-2H3;4-7H,3H2,1-2H3;7H,2-6H2,1H3/t2*20-,22+,25?;;;;;/m00...../s1. The maximum Gasteiger partial charge on any atom is -0.0125 e. The van der Waals surface area contributed by atoms with Crippen molar-refractivity contribution >= 4 is 32.3 Å². The molecule has 0 spiro atoms. The second-order valence-corrected chi connectivity index (χ2v) is 35.6. The highest BCUT2D eigenvalue weighted by molar-refractivity contribution is 5.87. The molecule has 11 aromatic rings. The molecule has 5 unspecified atom stereocenters. The fourth-order valence-electron chi connectivity index (χ4n) is 19.7. The van der Waals surface area contributed by atoms with E-state index in [1.165, 1.54) is 241 Å². The topological polar surface area (TPSA) is 0 Å². The first-order valence-corrected chi connectivity index (χ1v) is 45.6. The molecule has 0 radical (unpaired) electrons. The molecule has 0 aromatic heterocycles. The number of hydrogen-bond donors (Lipinski definition) is 0. The van der Waals surface area contributed by atoms with Crippen LogP contribution in [0.5, 0.6) is 0 Å². The largest absolute Gasteiger partial charge is 0.0998 e.